The summed E-state index contributed by atoms with van der Waals surface area (Å²) in [4.78, 5) is 27.7. The van der Waals surface area contributed by atoms with Crippen molar-refractivity contribution in [3.05, 3.63) is 93.0 Å². The number of aromatic nitrogens is 3. The molecule has 3 aromatic carbocycles. The molecule has 0 spiro atoms. The summed E-state index contributed by atoms with van der Waals surface area (Å²) in [6.07, 6.45) is 2.39. The van der Waals surface area contributed by atoms with E-state index in [9.17, 15) is 14.7 Å². The van der Waals surface area contributed by atoms with Crippen molar-refractivity contribution < 1.29 is 14.7 Å². The minimum absolute atomic E-state index is 0.0283. The van der Waals surface area contributed by atoms with Gasteiger partial charge in [-0.25, -0.2) is 4.68 Å². The zero-order chi connectivity index (χ0) is 27.7. The summed E-state index contributed by atoms with van der Waals surface area (Å²) in [5.41, 5.74) is 9.93. The number of carboxylic acid groups (broad SMARTS) is 1. The molecule has 39 heavy (non-hydrogen) atoms. The van der Waals surface area contributed by atoms with E-state index in [1.54, 1.807) is 0 Å². The number of carboxylic acids is 1. The third-order valence-corrected chi connectivity index (χ3v) is 8.18. The van der Waals surface area contributed by atoms with Gasteiger partial charge in [-0.05, 0) is 78.1 Å². The molecule has 202 valence electrons. The molecule has 2 heterocycles. The van der Waals surface area contributed by atoms with Gasteiger partial charge in [0.1, 0.15) is 5.52 Å². The number of nitrogens with zero attached hydrogens (tertiary/aromatic N) is 4. The maximum atomic E-state index is 13.8. The lowest BCUT2D eigenvalue weighted by atomic mass is 9.83. The van der Waals surface area contributed by atoms with Crippen LogP contribution in [0.2, 0.25) is 0 Å². The Hall–Kier alpha value is -4.00. The summed E-state index contributed by atoms with van der Waals surface area (Å²) < 4.78 is 1.85. The lowest BCUT2D eigenvalue weighted by Gasteiger charge is -2.31. The van der Waals surface area contributed by atoms with Crippen molar-refractivity contribution in [2.45, 2.75) is 72.4 Å². The summed E-state index contributed by atoms with van der Waals surface area (Å²) in [7, 11) is 0. The van der Waals surface area contributed by atoms with E-state index in [0.717, 1.165) is 75.8 Å². The zero-order valence-corrected chi connectivity index (χ0v) is 23.2. The second-order valence-corrected chi connectivity index (χ2v) is 10.4. The predicted octanol–water partition coefficient (Wildman–Crippen LogP) is 5.69. The number of benzene rings is 3. The summed E-state index contributed by atoms with van der Waals surface area (Å²) in [6.45, 7) is 10.1. The number of carbonyl (C=O) groups excluding carboxylic acids is 1. The number of fused-ring (bicyclic) bond motifs is 2. The van der Waals surface area contributed by atoms with Crippen molar-refractivity contribution in [2.75, 3.05) is 6.54 Å². The molecule has 5 rings (SSSR count). The molecule has 4 aromatic rings. The van der Waals surface area contributed by atoms with Crippen LogP contribution in [0.25, 0.3) is 11.0 Å². The van der Waals surface area contributed by atoms with Crippen LogP contribution in [-0.4, -0.2) is 43.4 Å². The van der Waals surface area contributed by atoms with Crippen LogP contribution in [0.15, 0.2) is 48.5 Å². The molecule has 1 amide bonds. The fraction of sp³-hybridized carbons (Fsp3) is 0.375. The lowest BCUT2D eigenvalue weighted by Crippen LogP contribution is -2.37. The SMILES string of the molecule is CCc1cccc(CC)c1C(=O)N1CCc2ccc([C@@H](CC(=O)O)c3ccc4c(nnn4CC)c3C)cc2C1. The van der Waals surface area contributed by atoms with Gasteiger partial charge < -0.3 is 10.0 Å². The molecule has 1 N–H and O–H groups in total. The van der Waals surface area contributed by atoms with E-state index in [2.05, 4.69) is 54.5 Å². The van der Waals surface area contributed by atoms with Crippen LogP contribution in [0.4, 0.5) is 0 Å². The molecule has 1 atom stereocenters. The van der Waals surface area contributed by atoms with E-state index in [1.165, 1.54) is 5.56 Å². The molecule has 0 saturated carbocycles. The molecule has 0 bridgehead atoms. The smallest absolute Gasteiger partial charge is 0.304 e. The van der Waals surface area contributed by atoms with Gasteiger partial charge in [-0.3, -0.25) is 9.59 Å². The maximum absolute atomic E-state index is 13.8. The minimum Gasteiger partial charge on any atom is -0.481 e. The summed E-state index contributed by atoms with van der Waals surface area (Å²) in [5.74, 6) is -1.10. The van der Waals surface area contributed by atoms with E-state index < -0.39 is 5.97 Å². The zero-order valence-electron chi connectivity index (χ0n) is 23.2. The van der Waals surface area contributed by atoms with Gasteiger partial charge in [-0.2, -0.15) is 0 Å². The van der Waals surface area contributed by atoms with Crippen molar-refractivity contribution in [1.82, 2.24) is 19.9 Å². The number of rotatable bonds is 8. The predicted molar refractivity (Wildman–Crippen MR) is 152 cm³/mol. The Kier molecular flexibility index (Phi) is 7.51. The van der Waals surface area contributed by atoms with Gasteiger partial charge in [0, 0.05) is 31.1 Å². The number of amides is 1. The first-order valence-corrected chi connectivity index (χ1v) is 13.9. The van der Waals surface area contributed by atoms with Crippen LogP contribution in [0.3, 0.4) is 0 Å². The van der Waals surface area contributed by atoms with Crippen molar-refractivity contribution in [2.24, 2.45) is 0 Å². The molecule has 7 nitrogen and oxygen atoms in total. The third-order valence-electron chi connectivity index (χ3n) is 8.18. The van der Waals surface area contributed by atoms with E-state index in [4.69, 9.17) is 0 Å². The molecule has 0 fully saturated rings. The van der Waals surface area contributed by atoms with Gasteiger partial charge in [0.25, 0.3) is 5.91 Å². The number of hydrogen-bond acceptors (Lipinski definition) is 4. The molecule has 1 aromatic heterocycles. The van der Waals surface area contributed by atoms with Gasteiger partial charge in [0.05, 0.1) is 11.9 Å². The summed E-state index contributed by atoms with van der Waals surface area (Å²) >= 11 is 0. The van der Waals surface area contributed by atoms with Crippen LogP contribution in [0, 0.1) is 6.92 Å². The Bertz CT molecular complexity index is 1530. The molecule has 1 aliphatic heterocycles. The van der Waals surface area contributed by atoms with Gasteiger partial charge in [0.2, 0.25) is 0 Å². The quantitative estimate of drug-likeness (QED) is 0.320. The Morgan fingerprint density at radius 3 is 2.41 bits per heavy atom. The van der Waals surface area contributed by atoms with Crippen molar-refractivity contribution in [3.63, 3.8) is 0 Å². The highest BCUT2D eigenvalue weighted by molar-refractivity contribution is 5.97. The Morgan fingerprint density at radius 2 is 1.74 bits per heavy atom. The maximum Gasteiger partial charge on any atom is 0.304 e. The number of aryl methyl sites for hydroxylation is 4. The highest BCUT2D eigenvalue weighted by Gasteiger charge is 2.27. The molecular formula is C32H36N4O3. The van der Waals surface area contributed by atoms with Crippen LogP contribution in [0.1, 0.15) is 82.4 Å². The fourth-order valence-corrected chi connectivity index (χ4v) is 6.02. The van der Waals surface area contributed by atoms with Crippen LogP contribution in [0.5, 0.6) is 0 Å². The molecule has 0 aliphatic carbocycles. The minimum atomic E-state index is -0.852. The lowest BCUT2D eigenvalue weighted by molar-refractivity contribution is -0.137. The first-order valence-electron chi connectivity index (χ1n) is 13.9. The van der Waals surface area contributed by atoms with E-state index in [0.29, 0.717) is 13.1 Å². The summed E-state index contributed by atoms with van der Waals surface area (Å²) in [6, 6.07) is 16.4. The number of carbonyl (C=O) groups is 2. The molecule has 1 aliphatic rings. The monoisotopic (exact) mass is 524 g/mol. The van der Waals surface area contributed by atoms with Gasteiger partial charge in [0.15, 0.2) is 0 Å². The van der Waals surface area contributed by atoms with Crippen LogP contribution in [-0.2, 0) is 37.1 Å². The second kappa shape index (κ2) is 11.0. The third kappa shape index (κ3) is 4.93. The van der Waals surface area contributed by atoms with Crippen LogP contribution >= 0.6 is 0 Å². The first kappa shape index (κ1) is 26.6. The highest BCUT2D eigenvalue weighted by Crippen LogP contribution is 2.35. The number of hydrogen-bond donors (Lipinski definition) is 1. The molecule has 0 unspecified atom stereocenters. The first-order chi connectivity index (χ1) is 18.9. The van der Waals surface area contributed by atoms with E-state index in [1.807, 2.05) is 41.6 Å². The van der Waals surface area contributed by atoms with Crippen LogP contribution < -0.4 is 0 Å². The highest BCUT2D eigenvalue weighted by atomic mass is 16.4. The van der Waals surface area contributed by atoms with E-state index in [-0.39, 0.29) is 18.2 Å². The molecule has 0 radical (unpaired) electrons. The largest absolute Gasteiger partial charge is 0.481 e. The van der Waals surface area contributed by atoms with Crippen molar-refractivity contribution in [3.8, 4) is 0 Å². The van der Waals surface area contributed by atoms with Crippen molar-refractivity contribution in [1.29, 1.82) is 0 Å². The van der Waals surface area contributed by atoms with Crippen molar-refractivity contribution >= 4 is 22.9 Å². The average Bonchev–Trinajstić information content (AvgIpc) is 3.39. The van der Waals surface area contributed by atoms with E-state index >= 15 is 0 Å². The summed E-state index contributed by atoms with van der Waals surface area (Å²) in [5, 5.41) is 18.5. The Morgan fingerprint density at radius 1 is 1.00 bits per heavy atom. The standard InChI is InChI=1S/C32H36N4O3/c1-5-21-9-8-10-22(6-2)30(21)32(39)35-16-15-23-11-12-24(17-25(23)19-35)27(18-29(37)38)26-13-14-28-31(20(26)4)33-34-36(28)7-3/h8-14,17,27H,5-7,15-16,18-19H2,1-4H3,(H,37,38)/t27-/m1/s1. The fourth-order valence-electron chi connectivity index (χ4n) is 6.02. The average molecular weight is 525 g/mol. The van der Waals surface area contributed by atoms with Gasteiger partial charge >= 0.3 is 5.97 Å². The topological polar surface area (TPSA) is 88.3 Å². The number of aliphatic carboxylic acids is 1. The molecular weight excluding hydrogens is 488 g/mol. The Balaban J connectivity index is 1.50. The van der Waals surface area contributed by atoms with Gasteiger partial charge in [-0.15, -0.1) is 5.10 Å². The Labute approximate surface area is 229 Å². The molecule has 7 heteroatoms. The normalized spacial score (nSPS) is 13.9. The van der Waals surface area contributed by atoms with Gasteiger partial charge in [-0.1, -0.05) is 61.5 Å². The second-order valence-electron chi connectivity index (χ2n) is 10.4. The molecule has 0 saturated heterocycles.